The largest absolute Gasteiger partial charge is 0.394 e. The number of carbonyl (C=O) groups excluding carboxylic acids is 3. The van der Waals surface area contributed by atoms with E-state index in [1.165, 1.54) is 4.90 Å². The molecule has 8 nitrogen and oxygen atoms in total. The highest BCUT2D eigenvalue weighted by atomic mass is 28.4. The minimum Gasteiger partial charge on any atom is -0.394 e. The number of amides is 3. The number of para-hydroxylation sites is 1. The lowest BCUT2D eigenvalue weighted by Crippen LogP contribution is -2.48. The summed E-state index contributed by atoms with van der Waals surface area (Å²) in [5, 5.41) is 10.3. The Morgan fingerprint density at radius 3 is 2.30 bits per heavy atom. The van der Waals surface area contributed by atoms with E-state index in [2.05, 4.69) is 0 Å². The SMILES string of the molecule is C[C@H]1[C@H]([Si](C)(C)F)[C@@H](CC(=O)N2Cc3ccccc3C[C@H]2CO)O[C@]12C(=O)N(Cc1ccccc1)c1ccc(N(C=O)c3ccccc3)cc12. The molecular weight excluding hydrogens is 650 g/mol. The minimum atomic E-state index is -3.57. The molecule has 1 fully saturated rings. The number of ether oxygens (including phenoxy) is 1. The first-order valence-corrected chi connectivity index (χ1v) is 20.2. The second kappa shape index (κ2) is 13.2. The van der Waals surface area contributed by atoms with Gasteiger partial charge in [-0.05, 0) is 66.5 Å². The molecular formula is C40H42FN3O5Si. The molecule has 0 bridgehead atoms. The van der Waals surface area contributed by atoms with Crippen molar-refractivity contribution in [2.75, 3.05) is 16.4 Å². The molecule has 0 aliphatic carbocycles. The van der Waals surface area contributed by atoms with E-state index >= 15 is 4.11 Å². The van der Waals surface area contributed by atoms with Crippen LogP contribution in [-0.2, 0) is 44.2 Å². The van der Waals surface area contributed by atoms with Crippen LogP contribution in [0.3, 0.4) is 0 Å². The molecule has 3 heterocycles. The van der Waals surface area contributed by atoms with Crippen molar-refractivity contribution in [1.29, 1.82) is 0 Å². The van der Waals surface area contributed by atoms with Crippen LogP contribution in [0.1, 0.15) is 35.6 Å². The molecule has 50 heavy (non-hydrogen) atoms. The van der Waals surface area contributed by atoms with E-state index in [1.807, 2.05) is 104 Å². The van der Waals surface area contributed by atoms with Gasteiger partial charge in [0, 0.05) is 34.9 Å². The second-order valence-electron chi connectivity index (χ2n) is 14.2. The molecule has 4 aromatic rings. The van der Waals surface area contributed by atoms with Gasteiger partial charge in [0.25, 0.3) is 5.91 Å². The zero-order chi connectivity index (χ0) is 35.2. The van der Waals surface area contributed by atoms with Gasteiger partial charge in [0.2, 0.25) is 20.7 Å². The molecule has 0 radical (unpaired) electrons. The number of fused-ring (bicyclic) bond motifs is 3. The number of anilines is 3. The van der Waals surface area contributed by atoms with Gasteiger partial charge >= 0.3 is 0 Å². The second-order valence-corrected chi connectivity index (χ2v) is 18.0. The van der Waals surface area contributed by atoms with Crippen molar-refractivity contribution in [2.24, 2.45) is 5.92 Å². The maximum atomic E-state index is 16.6. The number of hydrogen-bond donors (Lipinski definition) is 1. The summed E-state index contributed by atoms with van der Waals surface area (Å²) in [4.78, 5) is 46.5. The van der Waals surface area contributed by atoms with Crippen LogP contribution in [0.2, 0.25) is 18.6 Å². The average Bonchev–Trinajstić information content (AvgIpc) is 3.54. The van der Waals surface area contributed by atoms with Gasteiger partial charge in [0.1, 0.15) is 0 Å². The first-order valence-electron chi connectivity index (χ1n) is 17.2. The van der Waals surface area contributed by atoms with E-state index in [1.54, 1.807) is 29.0 Å². The first kappa shape index (κ1) is 33.8. The Kier molecular flexibility index (Phi) is 8.96. The van der Waals surface area contributed by atoms with E-state index in [0.29, 0.717) is 35.6 Å². The zero-order valence-corrected chi connectivity index (χ0v) is 29.5. The van der Waals surface area contributed by atoms with Gasteiger partial charge < -0.3 is 23.8 Å². The molecule has 1 saturated heterocycles. The summed E-state index contributed by atoms with van der Waals surface area (Å²) in [6.45, 7) is 5.51. The Bertz CT molecular complexity index is 1900. The zero-order valence-electron chi connectivity index (χ0n) is 28.5. The lowest BCUT2D eigenvalue weighted by atomic mass is 9.82. The molecule has 7 rings (SSSR count). The summed E-state index contributed by atoms with van der Waals surface area (Å²) in [7, 11) is -3.57. The minimum absolute atomic E-state index is 0.124. The molecule has 1 N–H and O–H groups in total. The number of benzene rings is 4. The van der Waals surface area contributed by atoms with Gasteiger partial charge in [-0.2, -0.15) is 0 Å². The molecule has 258 valence electrons. The van der Waals surface area contributed by atoms with Crippen molar-refractivity contribution in [1.82, 2.24) is 4.90 Å². The predicted molar refractivity (Wildman–Crippen MR) is 193 cm³/mol. The van der Waals surface area contributed by atoms with Gasteiger partial charge in [0.15, 0.2) is 5.60 Å². The summed E-state index contributed by atoms with van der Waals surface area (Å²) in [5.74, 6) is -1.17. The summed E-state index contributed by atoms with van der Waals surface area (Å²) >= 11 is 0. The summed E-state index contributed by atoms with van der Waals surface area (Å²) < 4.78 is 23.5. The van der Waals surface area contributed by atoms with Crippen LogP contribution in [0.5, 0.6) is 0 Å². The molecule has 3 amide bonds. The van der Waals surface area contributed by atoms with E-state index < -0.39 is 37.6 Å². The molecule has 0 aromatic heterocycles. The third-order valence-corrected chi connectivity index (χ3v) is 13.3. The van der Waals surface area contributed by atoms with Crippen LogP contribution in [0.25, 0.3) is 0 Å². The van der Waals surface area contributed by atoms with Crippen molar-refractivity contribution in [3.8, 4) is 0 Å². The Labute approximate surface area is 293 Å². The Morgan fingerprint density at radius 1 is 0.980 bits per heavy atom. The normalized spacial score (nSPS) is 24.3. The molecule has 3 aliphatic heterocycles. The fourth-order valence-electron chi connectivity index (χ4n) is 8.50. The maximum absolute atomic E-state index is 16.6. The molecule has 3 aliphatic rings. The van der Waals surface area contributed by atoms with Crippen molar-refractivity contribution in [3.05, 3.63) is 125 Å². The fraction of sp³-hybridized carbons (Fsp3) is 0.325. The lowest BCUT2D eigenvalue weighted by Gasteiger charge is -2.37. The van der Waals surface area contributed by atoms with Gasteiger partial charge in [-0.1, -0.05) is 79.7 Å². The monoisotopic (exact) mass is 691 g/mol. The van der Waals surface area contributed by atoms with Crippen LogP contribution in [-0.4, -0.2) is 55.4 Å². The number of hydrogen-bond acceptors (Lipinski definition) is 5. The predicted octanol–water partition coefficient (Wildman–Crippen LogP) is 6.64. The Balaban J connectivity index is 1.30. The molecule has 1 spiro atoms. The molecule has 10 heteroatoms. The quantitative estimate of drug-likeness (QED) is 0.121. The highest BCUT2D eigenvalue weighted by Gasteiger charge is 2.67. The van der Waals surface area contributed by atoms with Crippen molar-refractivity contribution in [2.45, 2.75) is 69.2 Å². The van der Waals surface area contributed by atoms with E-state index in [0.717, 1.165) is 23.1 Å². The van der Waals surface area contributed by atoms with Crippen LogP contribution >= 0.6 is 0 Å². The first-order chi connectivity index (χ1) is 24.1. The van der Waals surface area contributed by atoms with Crippen molar-refractivity contribution >= 4 is 43.7 Å². The molecule has 0 unspecified atom stereocenters. The van der Waals surface area contributed by atoms with Gasteiger partial charge in [-0.3, -0.25) is 19.3 Å². The summed E-state index contributed by atoms with van der Waals surface area (Å²) in [5.41, 5.74) is 3.14. The Hall–Kier alpha value is -4.64. The van der Waals surface area contributed by atoms with Gasteiger partial charge in [-0.25, -0.2) is 0 Å². The van der Waals surface area contributed by atoms with Crippen molar-refractivity contribution in [3.63, 3.8) is 0 Å². The molecule has 5 atom stereocenters. The number of carbonyl (C=O) groups is 3. The third kappa shape index (κ3) is 5.75. The van der Waals surface area contributed by atoms with Gasteiger partial charge in [-0.15, -0.1) is 0 Å². The lowest BCUT2D eigenvalue weighted by molar-refractivity contribution is -0.151. The smallest absolute Gasteiger partial charge is 0.264 e. The molecule has 0 saturated carbocycles. The Morgan fingerprint density at radius 2 is 1.64 bits per heavy atom. The highest BCUT2D eigenvalue weighted by Crippen LogP contribution is 2.61. The van der Waals surface area contributed by atoms with Crippen LogP contribution in [0, 0.1) is 5.92 Å². The fourth-order valence-corrected chi connectivity index (χ4v) is 11.0. The van der Waals surface area contributed by atoms with Crippen LogP contribution in [0.15, 0.2) is 103 Å². The van der Waals surface area contributed by atoms with Crippen molar-refractivity contribution < 1.29 is 28.3 Å². The van der Waals surface area contributed by atoms with E-state index in [-0.39, 0.29) is 31.4 Å². The van der Waals surface area contributed by atoms with Crippen LogP contribution < -0.4 is 9.80 Å². The van der Waals surface area contributed by atoms with Gasteiger partial charge in [0.05, 0.1) is 37.4 Å². The number of nitrogens with zero attached hydrogens (tertiary/aromatic N) is 3. The number of halogens is 1. The van der Waals surface area contributed by atoms with Crippen LogP contribution in [0.4, 0.5) is 21.2 Å². The molecule has 4 aromatic carbocycles. The number of rotatable bonds is 9. The highest BCUT2D eigenvalue weighted by molar-refractivity contribution is 6.72. The number of aliphatic hydroxyl groups excluding tert-OH is 1. The maximum Gasteiger partial charge on any atom is 0.264 e. The summed E-state index contributed by atoms with van der Waals surface area (Å²) in [6.07, 6.45) is 0.252. The van der Waals surface area contributed by atoms with E-state index in [4.69, 9.17) is 4.74 Å². The standard InChI is InChI=1S/C40H42FN3O5Si/c1-27-38(50(2,3)41)36(22-37(47)42-24-30-15-11-10-14-29(30)20-33(42)25-45)49-40(27)34-21-32(44(26-46)31-16-8-5-9-17-31)18-19-35(34)43(39(40)48)23-28-12-6-4-7-13-28/h4-19,21,26-27,33,36,38,45H,20,22-25H2,1-3H3/t27-,33-,36+,38-,40+/m0/s1. The summed E-state index contributed by atoms with van der Waals surface area (Å²) in [6, 6.07) is 31.8. The third-order valence-electron chi connectivity index (χ3n) is 10.8. The number of aliphatic hydroxyl groups is 1. The van der Waals surface area contributed by atoms with E-state index in [9.17, 15) is 19.5 Å². The topological polar surface area (TPSA) is 90.4 Å². The average molecular weight is 692 g/mol.